The van der Waals surface area contributed by atoms with Crippen molar-refractivity contribution in [3.05, 3.63) is 97.1 Å². The number of hydrogen-bond acceptors (Lipinski definition) is 18. The lowest BCUT2D eigenvalue weighted by atomic mass is 10.1. The summed E-state index contributed by atoms with van der Waals surface area (Å²) >= 11 is 0. The first-order chi connectivity index (χ1) is 30.9. The number of nitrogens with one attached hydrogen (secondary N) is 2. The molecule has 6 aromatic rings. The summed E-state index contributed by atoms with van der Waals surface area (Å²) in [5.74, 6) is -1.94. The van der Waals surface area contributed by atoms with Crippen molar-refractivity contribution < 1.29 is 58.6 Å². The Hall–Kier alpha value is -6.23. The maximum Gasteiger partial charge on any atom is 0.475 e. The number of phosphoric acid groups is 1. The van der Waals surface area contributed by atoms with E-state index in [9.17, 15) is 27.8 Å². The number of carbonyl (C=O) groups is 2. The Morgan fingerprint density at radius 3 is 1.94 bits per heavy atom. The van der Waals surface area contributed by atoms with Gasteiger partial charge in [0.1, 0.15) is 31.0 Å². The van der Waals surface area contributed by atoms with Crippen LogP contribution < -0.4 is 10.6 Å². The highest BCUT2D eigenvalue weighted by Gasteiger charge is 2.54. The van der Waals surface area contributed by atoms with Gasteiger partial charge in [0.15, 0.2) is 58.8 Å². The lowest BCUT2D eigenvalue weighted by molar-refractivity contribution is -0.0585. The number of rotatable bonds is 9. The van der Waals surface area contributed by atoms with Crippen LogP contribution in [0.2, 0.25) is 0 Å². The van der Waals surface area contributed by atoms with E-state index in [1.165, 1.54) is 10.9 Å². The molecule has 2 aromatic carbocycles. The number of amides is 2. The van der Waals surface area contributed by atoms with E-state index in [1.54, 1.807) is 60.7 Å². The quantitative estimate of drug-likeness (QED) is 0.117. The average Bonchev–Trinajstić information content (AvgIpc) is 4.07. The van der Waals surface area contributed by atoms with E-state index >= 15 is 8.78 Å². The molecule has 9 atom stereocenters. The highest BCUT2D eigenvalue weighted by molar-refractivity contribution is 7.86. The normalized spacial score (nSPS) is 28.0. The summed E-state index contributed by atoms with van der Waals surface area (Å²) in [4.78, 5) is 51.1. The number of carbonyl (C=O) groups excluding carboxylic acids is 2. The topological polar surface area (TPSA) is 276 Å². The van der Waals surface area contributed by atoms with E-state index in [0.717, 1.165) is 23.5 Å². The van der Waals surface area contributed by atoms with Gasteiger partial charge in [-0.1, -0.05) is 36.4 Å². The maximum atomic E-state index is 16.6. The SMILES string of the molecule is N#CCCOP1(=O)OC[C@H]2O[C@@H](n3cnc4c(NC(=O)c5ccccc5)ncnc43)[C@H](F)[C@@H]2OS(=O)(=O)CC[C@H]2O[C@@H](n3cnc4c(NC(=O)c5ccccc5)ncnc43)[C@H](O1)[C@@H]2F. The molecule has 2 N–H and O–H groups in total. The Kier molecular flexibility index (Phi) is 11.9. The van der Waals surface area contributed by atoms with E-state index in [4.69, 9.17) is 27.2 Å². The number of nitrogens with zero attached hydrogens (tertiary/aromatic N) is 9. The molecule has 2 bridgehead atoms. The minimum atomic E-state index is -5.00. The molecule has 0 saturated carbocycles. The summed E-state index contributed by atoms with van der Waals surface area (Å²) in [6.07, 6.45) is -11.1. The van der Waals surface area contributed by atoms with E-state index in [-0.39, 0.29) is 40.4 Å². The van der Waals surface area contributed by atoms with Crippen LogP contribution in [0.25, 0.3) is 22.3 Å². The van der Waals surface area contributed by atoms with Crippen LogP contribution >= 0.6 is 7.82 Å². The maximum absolute atomic E-state index is 16.6. The summed E-state index contributed by atoms with van der Waals surface area (Å²) in [6.45, 7) is -1.44. The second-order valence-electron chi connectivity index (χ2n) is 14.4. The minimum absolute atomic E-state index is 0.00764. The zero-order chi connectivity index (χ0) is 44.6. The van der Waals surface area contributed by atoms with Gasteiger partial charge < -0.3 is 20.1 Å². The van der Waals surface area contributed by atoms with Crippen LogP contribution in [0.1, 0.15) is 46.0 Å². The van der Waals surface area contributed by atoms with Crippen LogP contribution in [0, 0.1) is 11.3 Å². The highest BCUT2D eigenvalue weighted by Crippen LogP contribution is 2.55. The average molecular weight is 922 g/mol. The number of alkyl halides is 2. The molecule has 1 unspecified atom stereocenters. The van der Waals surface area contributed by atoms with Crippen molar-refractivity contribution in [2.24, 2.45) is 0 Å². The zero-order valence-electron chi connectivity index (χ0n) is 32.9. The molecular formula is C38H34F2N11O11PS. The van der Waals surface area contributed by atoms with Crippen molar-refractivity contribution in [1.29, 1.82) is 5.26 Å². The van der Waals surface area contributed by atoms with Crippen molar-refractivity contribution in [2.45, 2.75) is 62.1 Å². The third kappa shape index (κ3) is 8.56. The predicted molar refractivity (Wildman–Crippen MR) is 215 cm³/mol. The molecule has 0 spiro atoms. The number of halogens is 2. The van der Waals surface area contributed by atoms with Crippen LogP contribution in [0.3, 0.4) is 0 Å². The number of imidazole rings is 2. The monoisotopic (exact) mass is 921 g/mol. The fourth-order valence-corrected chi connectivity index (χ4v) is 9.86. The summed E-state index contributed by atoms with van der Waals surface area (Å²) in [7, 11) is -9.71. The summed E-state index contributed by atoms with van der Waals surface area (Å²) in [6, 6.07) is 18.3. The van der Waals surface area contributed by atoms with Gasteiger partial charge in [-0.25, -0.2) is 43.2 Å². The summed E-state index contributed by atoms with van der Waals surface area (Å²) in [5, 5.41) is 14.5. The van der Waals surface area contributed by atoms with Gasteiger partial charge in [0.2, 0.25) is 0 Å². The first kappa shape index (κ1) is 43.0. The molecule has 3 aliphatic heterocycles. The minimum Gasteiger partial charge on any atom is -0.349 e. The lowest BCUT2D eigenvalue weighted by Crippen LogP contribution is -2.37. The third-order valence-corrected chi connectivity index (χ3v) is 13.1. The first-order valence-corrected chi connectivity index (χ1v) is 22.5. The molecule has 3 aliphatic rings. The van der Waals surface area contributed by atoms with Gasteiger partial charge in [0.05, 0.1) is 50.2 Å². The van der Waals surface area contributed by atoms with Gasteiger partial charge in [-0.2, -0.15) is 13.7 Å². The van der Waals surface area contributed by atoms with Crippen molar-refractivity contribution in [3.63, 3.8) is 0 Å². The second kappa shape index (κ2) is 17.7. The molecule has 2 amide bonds. The molecule has 9 rings (SSSR count). The number of anilines is 2. The Bertz CT molecular complexity index is 2910. The molecule has 4 aromatic heterocycles. The lowest BCUT2D eigenvalue weighted by Gasteiger charge is -2.27. The van der Waals surface area contributed by atoms with Crippen LogP contribution in [-0.4, -0.2) is 115 Å². The van der Waals surface area contributed by atoms with Gasteiger partial charge in [0, 0.05) is 11.1 Å². The third-order valence-electron chi connectivity index (χ3n) is 10.4. The smallest absolute Gasteiger partial charge is 0.349 e. The van der Waals surface area contributed by atoms with Crippen LogP contribution in [-0.2, 0) is 41.9 Å². The Balaban J connectivity index is 1.01. The number of hydrogen-bond donors (Lipinski definition) is 2. The molecule has 0 radical (unpaired) electrons. The predicted octanol–water partition coefficient (Wildman–Crippen LogP) is 4.20. The van der Waals surface area contributed by atoms with Crippen LogP contribution in [0.15, 0.2) is 86.0 Å². The fourth-order valence-electron chi connectivity index (χ4n) is 7.32. The van der Waals surface area contributed by atoms with Gasteiger partial charge in [-0.05, 0) is 30.7 Å². The Labute approximate surface area is 360 Å². The van der Waals surface area contributed by atoms with Gasteiger partial charge in [-0.3, -0.25) is 36.5 Å². The van der Waals surface area contributed by atoms with Crippen molar-refractivity contribution >= 4 is 63.7 Å². The molecule has 26 heteroatoms. The van der Waals surface area contributed by atoms with Crippen LogP contribution in [0.5, 0.6) is 0 Å². The number of fused-ring (bicyclic) bond motifs is 5. The van der Waals surface area contributed by atoms with E-state index in [0.29, 0.717) is 11.1 Å². The number of aromatic nitrogens is 8. The van der Waals surface area contributed by atoms with Gasteiger partial charge in [0.25, 0.3) is 21.9 Å². The van der Waals surface area contributed by atoms with Crippen molar-refractivity contribution in [1.82, 2.24) is 39.0 Å². The first-order valence-electron chi connectivity index (χ1n) is 19.4. The molecule has 22 nitrogen and oxygen atoms in total. The number of benzene rings is 2. The molecule has 0 aliphatic carbocycles. The summed E-state index contributed by atoms with van der Waals surface area (Å²) in [5.41, 5.74) is 0.713. The number of ether oxygens (including phenoxy) is 2. The Morgan fingerprint density at radius 1 is 0.797 bits per heavy atom. The standard InChI is InChI=1S/C38H34F2N11O11PS/c39-25-23-12-15-64(55,56)62-29-24(60-37(26(29)40)50-19-46-27-31(42-17-44-33(27)50)48-35(52)21-8-3-1-4-9-21)16-58-63(54,57-14-7-13-41)61-30(25)38(59-23)51-20-47-28-32(43-18-45-34(28)51)49-36(53)22-10-5-2-6-11-22/h1-6,8-11,17-20,23-26,29-30,37-38H,7,12,14-16H2,(H,42,44,48,52)(H,43,45,49,53)/t23-,24-,25-,26-,29-,30-,37-,38-,63?/m1/s1. The Morgan fingerprint density at radius 2 is 1.36 bits per heavy atom. The van der Waals surface area contributed by atoms with Crippen molar-refractivity contribution in [2.75, 3.05) is 29.6 Å². The summed E-state index contributed by atoms with van der Waals surface area (Å²) < 4.78 is 112. The van der Waals surface area contributed by atoms with Gasteiger partial charge >= 0.3 is 7.82 Å². The second-order valence-corrected chi connectivity index (χ2v) is 17.8. The highest BCUT2D eigenvalue weighted by atomic mass is 32.2. The number of nitriles is 1. The van der Waals surface area contributed by atoms with Gasteiger partial charge in [-0.15, -0.1) is 0 Å². The van der Waals surface area contributed by atoms with Crippen molar-refractivity contribution in [3.8, 4) is 6.07 Å². The molecule has 7 heterocycles. The number of phosphoric ester groups is 1. The molecular weight excluding hydrogens is 888 g/mol. The molecule has 332 valence electrons. The molecule has 3 saturated heterocycles. The van der Waals surface area contributed by atoms with E-state index in [2.05, 4.69) is 40.5 Å². The fraction of sp³-hybridized carbons (Fsp3) is 0.342. The van der Waals surface area contributed by atoms with Crippen LogP contribution in [0.4, 0.5) is 20.4 Å². The largest absolute Gasteiger partial charge is 0.475 e. The van der Waals surface area contributed by atoms with E-state index in [1.807, 2.05) is 6.07 Å². The van der Waals surface area contributed by atoms with E-state index < -0.39 is 104 Å². The molecule has 64 heavy (non-hydrogen) atoms. The molecule has 3 fully saturated rings. The zero-order valence-corrected chi connectivity index (χ0v) is 34.6.